The largest absolute Gasteiger partial charge is 0.491 e. The van der Waals surface area contributed by atoms with Crippen molar-refractivity contribution in [3.05, 3.63) is 29.8 Å². The molecule has 0 amide bonds. The number of benzene rings is 1. The van der Waals surface area contributed by atoms with Crippen LogP contribution in [0, 0.1) is 6.92 Å². The van der Waals surface area contributed by atoms with Gasteiger partial charge in [0.1, 0.15) is 18.5 Å². The van der Waals surface area contributed by atoms with E-state index in [2.05, 4.69) is 4.99 Å². The van der Waals surface area contributed by atoms with Gasteiger partial charge in [0.25, 0.3) is 0 Å². The van der Waals surface area contributed by atoms with Crippen LogP contribution in [0.15, 0.2) is 29.3 Å². The molecule has 0 aliphatic carbocycles. The van der Waals surface area contributed by atoms with Crippen molar-refractivity contribution >= 4 is 5.96 Å². The van der Waals surface area contributed by atoms with Crippen LogP contribution < -0.4 is 16.2 Å². The van der Waals surface area contributed by atoms with Gasteiger partial charge in [-0.05, 0) is 19.1 Å². The van der Waals surface area contributed by atoms with E-state index in [1.54, 1.807) is 0 Å². The van der Waals surface area contributed by atoms with Gasteiger partial charge in [0.05, 0.1) is 6.54 Å². The predicted octanol–water partition coefficient (Wildman–Crippen LogP) is 0.00812. The number of nitrogens with zero attached hydrogens (tertiary/aromatic N) is 1. The molecule has 0 fully saturated rings. The van der Waals surface area contributed by atoms with E-state index in [0.29, 0.717) is 5.75 Å². The van der Waals surface area contributed by atoms with Crippen molar-refractivity contribution in [2.24, 2.45) is 16.5 Å². The van der Waals surface area contributed by atoms with Crippen LogP contribution in [0.5, 0.6) is 5.75 Å². The second-order valence-electron chi connectivity index (χ2n) is 3.54. The molecule has 88 valence electrons. The molecule has 0 radical (unpaired) electrons. The molecule has 1 aromatic carbocycles. The number of hydrogen-bond acceptors (Lipinski definition) is 3. The standard InChI is InChI=1S/C11H17N3O2/c1-8-2-4-10(5-3-8)16-7-9(15)6-14-11(12)13/h2-5,9,15H,6-7H2,1H3,(H4,12,13,14). The molecular weight excluding hydrogens is 206 g/mol. The van der Waals surface area contributed by atoms with Crippen molar-refractivity contribution in [1.82, 2.24) is 0 Å². The fraction of sp³-hybridized carbons (Fsp3) is 0.364. The van der Waals surface area contributed by atoms with Crippen LogP contribution in [-0.2, 0) is 0 Å². The minimum Gasteiger partial charge on any atom is -0.491 e. The molecule has 0 bridgehead atoms. The van der Waals surface area contributed by atoms with Crippen LogP contribution >= 0.6 is 0 Å². The Labute approximate surface area is 94.7 Å². The molecule has 1 aromatic rings. The second-order valence-corrected chi connectivity index (χ2v) is 3.54. The fourth-order valence-electron chi connectivity index (χ4n) is 1.09. The molecular formula is C11H17N3O2. The second kappa shape index (κ2) is 5.97. The van der Waals surface area contributed by atoms with E-state index in [1.807, 2.05) is 31.2 Å². The lowest BCUT2D eigenvalue weighted by atomic mass is 10.2. The Balaban J connectivity index is 2.34. The maximum Gasteiger partial charge on any atom is 0.186 e. The molecule has 5 heteroatoms. The van der Waals surface area contributed by atoms with Crippen LogP contribution in [0.4, 0.5) is 0 Å². The van der Waals surface area contributed by atoms with Gasteiger partial charge in [-0.15, -0.1) is 0 Å². The van der Waals surface area contributed by atoms with Crippen LogP contribution in [0.3, 0.4) is 0 Å². The van der Waals surface area contributed by atoms with Crippen molar-refractivity contribution in [3.63, 3.8) is 0 Å². The number of aryl methyl sites for hydroxylation is 1. The third-order valence-corrected chi connectivity index (χ3v) is 1.95. The molecule has 1 rings (SSSR count). The normalized spacial score (nSPS) is 11.9. The monoisotopic (exact) mass is 223 g/mol. The molecule has 1 unspecified atom stereocenters. The minimum atomic E-state index is -0.705. The van der Waals surface area contributed by atoms with Gasteiger partial charge in [0, 0.05) is 0 Å². The zero-order valence-corrected chi connectivity index (χ0v) is 9.26. The van der Waals surface area contributed by atoms with Gasteiger partial charge in [-0.25, -0.2) is 0 Å². The van der Waals surface area contributed by atoms with Crippen LogP contribution in [0.1, 0.15) is 5.56 Å². The van der Waals surface area contributed by atoms with E-state index in [-0.39, 0.29) is 19.1 Å². The van der Waals surface area contributed by atoms with E-state index in [0.717, 1.165) is 5.56 Å². The summed E-state index contributed by atoms with van der Waals surface area (Å²) in [6, 6.07) is 7.58. The van der Waals surface area contributed by atoms with Crippen LogP contribution in [0.25, 0.3) is 0 Å². The maximum absolute atomic E-state index is 9.47. The number of aliphatic hydroxyl groups is 1. The van der Waals surface area contributed by atoms with Crippen molar-refractivity contribution in [3.8, 4) is 5.75 Å². The number of guanidine groups is 1. The molecule has 1 atom stereocenters. The average Bonchev–Trinajstić information content (AvgIpc) is 2.25. The molecule has 0 heterocycles. The highest BCUT2D eigenvalue weighted by atomic mass is 16.5. The number of ether oxygens (including phenoxy) is 1. The lowest BCUT2D eigenvalue weighted by Crippen LogP contribution is -2.27. The van der Waals surface area contributed by atoms with E-state index < -0.39 is 6.10 Å². The molecule has 0 aromatic heterocycles. The van der Waals surface area contributed by atoms with Gasteiger partial charge in [-0.1, -0.05) is 17.7 Å². The zero-order valence-electron chi connectivity index (χ0n) is 9.26. The number of nitrogens with two attached hydrogens (primary N) is 2. The Morgan fingerprint density at radius 1 is 1.38 bits per heavy atom. The first-order valence-electron chi connectivity index (χ1n) is 5.01. The summed E-state index contributed by atoms with van der Waals surface area (Å²) >= 11 is 0. The molecule has 0 saturated carbocycles. The molecule has 5 N–H and O–H groups in total. The van der Waals surface area contributed by atoms with Crippen molar-refractivity contribution in [1.29, 1.82) is 0 Å². The third-order valence-electron chi connectivity index (χ3n) is 1.95. The summed E-state index contributed by atoms with van der Waals surface area (Å²) in [6.45, 7) is 2.31. The topological polar surface area (TPSA) is 93.9 Å². The maximum atomic E-state index is 9.47. The summed E-state index contributed by atoms with van der Waals surface area (Å²) in [5.74, 6) is 0.684. The first-order chi connectivity index (χ1) is 7.58. The Kier molecular flexibility index (Phi) is 4.60. The van der Waals surface area contributed by atoms with Gasteiger partial charge in [0.15, 0.2) is 5.96 Å². The highest BCUT2D eigenvalue weighted by molar-refractivity contribution is 5.75. The van der Waals surface area contributed by atoms with Crippen molar-refractivity contribution < 1.29 is 9.84 Å². The Bertz CT molecular complexity index is 345. The quantitative estimate of drug-likeness (QED) is 0.484. The molecule has 0 spiro atoms. The lowest BCUT2D eigenvalue weighted by molar-refractivity contribution is 0.114. The van der Waals surface area contributed by atoms with E-state index in [9.17, 15) is 5.11 Å². The Morgan fingerprint density at radius 2 is 2.00 bits per heavy atom. The summed E-state index contributed by atoms with van der Waals surface area (Å²) in [7, 11) is 0. The van der Waals surface area contributed by atoms with Crippen LogP contribution in [0.2, 0.25) is 0 Å². The number of rotatable bonds is 5. The summed E-state index contributed by atoms with van der Waals surface area (Å²) in [5, 5.41) is 9.47. The van der Waals surface area contributed by atoms with Gasteiger partial charge >= 0.3 is 0 Å². The number of hydrogen-bond donors (Lipinski definition) is 3. The molecule has 16 heavy (non-hydrogen) atoms. The predicted molar refractivity (Wildman–Crippen MR) is 63.4 cm³/mol. The van der Waals surface area contributed by atoms with Crippen molar-refractivity contribution in [2.75, 3.05) is 13.2 Å². The highest BCUT2D eigenvalue weighted by Crippen LogP contribution is 2.11. The van der Waals surface area contributed by atoms with Gasteiger partial charge in [-0.2, -0.15) is 0 Å². The van der Waals surface area contributed by atoms with Crippen LogP contribution in [-0.4, -0.2) is 30.3 Å². The smallest absolute Gasteiger partial charge is 0.186 e. The fourth-order valence-corrected chi connectivity index (χ4v) is 1.09. The summed E-state index contributed by atoms with van der Waals surface area (Å²) < 4.78 is 5.35. The first kappa shape index (κ1) is 12.3. The Morgan fingerprint density at radius 3 is 2.56 bits per heavy atom. The van der Waals surface area contributed by atoms with Gasteiger partial charge in [0.2, 0.25) is 0 Å². The highest BCUT2D eigenvalue weighted by Gasteiger charge is 2.04. The number of aliphatic hydroxyl groups excluding tert-OH is 1. The third kappa shape index (κ3) is 4.65. The molecule has 5 nitrogen and oxygen atoms in total. The zero-order chi connectivity index (χ0) is 12.0. The Hall–Kier alpha value is -1.75. The lowest BCUT2D eigenvalue weighted by Gasteiger charge is -2.10. The van der Waals surface area contributed by atoms with Gasteiger partial charge in [-0.3, -0.25) is 4.99 Å². The molecule has 0 aliphatic heterocycles. The van der Waals surface area contributed by atoms with Gasteiger partial charge < -0.3 is 21.3 Å². The summed E-state index contributed by atoms with van der Waals surface area (Å²) in [4.78, 5) is 3.69. The van der Waals surface area contributed by atoms with E-state index >= 15 is 0 Å². The summed E-state index contributed by atoms with van der Waals surface area (Å²) in [5.41, 5.74) is 11.4. The average molecular weight is 223 g/mol. The molecule has 0 saturated heterocycles. The molecule has 0 aliphatic rings. The first-order valence-corrected chi connectivity index (χ1v) is 5.01. The van der Waals surface area contributed by atoms with E-state index in [1.165, 1.54) is 0 Å². The SMILES string of the molecule is Cc1ccc(OCC(O)CN=C(N)N)cc1. The minimum absolute atomic E-state index is 0.0330. The van der Waals surface area contributed by atoms with Crippen molar-refractivity contribution in [2.45, 2.75) is 13.0 Å². The number of aliphatic imine (C=N–C) groups is 1. The van der Waals surface area contributed by atoms with E-state index in [4.69, 9.17) is 16.2 Å². The summed E-state index contributed by atoms with van der Waals surface area (Å²) in [6.07, 6.45) is -0.705.